The van der Waals surface area contributed by atoms with E-state index in [4.69, 9.17) is 4.52 Å². The Bertz CT molecular complexity index is 1140. The van der Waals surface area contributed by atoms with Crippen LogP contribution in [0.2, 0.25) is 0 Å². The highest BCUT2D eigenvalue weighted by Crippen LogP contribution is 2.23. The van der Waals surface area contributed by atoms with Gasteiger partial charge in [-0.25, -0.2) is 4.98 Å². The summed E-state index contributed by atoms with van der Waals surface area (Å²) in [6.07, 6.45) is 2.32. The van der Waals surface area contributed by atoms with E-state index in [1.807, 2.05) is 42.2 Å². The van der Waals surface area contributed by atoms with Crippen molar-refractivity contribution in [3.8, 4) is 11.4 Å². The summed E-state index contributed by atoms with van der Waals surface area (Å²) < 4.78 is 7.41. The summed E-state index contributed by atoms with van der Waals surface area (Å²) >= 11 is 0. The predicted molar refractivity (Wildman–Crippen MR) is 111 cm³/mol. The zero-order valence-electron chi connectivity index (χ0n) is 16.6. The Morgan fingerprint density at radius 1 is 1.03 bits per heavy atom. The number of rotatable bonds is 4. The van der Waals surface area contributed by atoms with Crippen LogP contribution in [0.3, 0.4) is 0 Å². The maximum Gasteiger partial charge on any atom is 0.233 e. The molecule has 29 heavy (non-hydrogen) atoms. The van der Waals surface area contributed by atoms with E-state index in [1.54, 1.807) is 0 Å². The molecule has 0 aliphatic carbocycles. The van der Waals surface area contributed by atoms with Gasteiger partial charge in [-0.1, -0.05) is 23.4 Å². The number of benzene rings is 1. The van der Waals surface area contributed by atoms with E-state index in [0.717, 1.165) is 54.2 Å². The summed E-state index contributed by atoms with van der Waals surface area (Å²) in [4.78, 5) is 13.8. The van der Waals surface area contributed by atoms with Crippen molar-refractivity contribution in [1.29, 1.82) is 0 Å². The molecule has 0 unspecified atom stereocenters. The number of anilines is 1. The molecule has 1 aliphatic rings. The molecule has 1 saturated heterocycles. The van der Waals surface area contributed by atoms with Crippen LogP contribution in [-0.4, -0.2) is 63.0 Å². The number of fused-ring (bicyclic) bond motifs is 1. The van der Waals surface area contributed by atoms with Crippen molar-refractivity contribution in [1.82, 2.24) is 29.8 Å². The molecule has 0 saturated carbocycles. The van der Waals surface area contributed by atoms with Crippen molar-refractivity contribution in [2.45, 2.75) is 6.42 Å². The van der Waals surface area contributed by atoms with E-state index in [-0.39, 0.29) is 0 Å². The molecule has 1 fully saturated rings. The molecule has 4 aromatic rings. The summed E-state index contributed by atoms with van der Waals surface area (Å²) in [5.74, 6) is 2.09. The smallest absolute Gasteiger partial charge is 0.233 e. The topological polar surface area (TPSA) is 76.1 Å². The summed E-state index contributed by atoms with van der Waals surface area (Å²) in [5.41, 5.74) is 2.94. The Morgan fingerprint density at radius 3 is 2.72 bits per heavy atom. The molecule has 0 amide bonds. The second-order valence-corrected chi connectivity index (χ2v) is 7.47. The van der Waals surface area contributed by atoms with E-state index in [1.165, 1.54) is 0 Å². The minimum atomic E-state index is 0.505. The summed E-state index contributed by atoms with van der Waals surface area (Å²) in [6.45, 7) is 4.01. The second-order valence-electron chi connectivity index (χ2n) is 7.47. The van der Waals surface area contributed by atoms with Gasteiger partial charge >= 0.3 is 0 Å². The first-order valence-electron chi connectivity index (χ1n) is 9.80. The highest BCUT2D eigenvalue weighted by molar-refractivity contribution is 5.82. The molecule has 5 rings (SSSR count). The SMILES string of the molecule is CN1CCN(c2cc(-c3noc(Cc4nn(C)c5ccccc45)n3)ccn2)CC1. The lowest BCUT2D eigenvalue weighted by Crippen LogP contribution is -2.44. The van der Waals surface area contributed by atoms with Crippen LogP contribution in [0.15, 0.2) is 47.1 Å². The fourth-order valence-corrected chi connectivity index (χ4v) is 3.77. The van der Waals surface area contributed by atoms with Crippen molar-refractivity contribution in [2.75, 3.05) is 38.1 Å². The summed E-state index contributed by atoms with van der Waals surface area (Å²) in [7, 11) is 4.09. The third-order valence-electron chi connectivity index (χ3n) is 5.45. The molecule has 4 heterocycles. The number of pyridine rings is 1. The van der Waals surface area contributed by atoms with E-state index < -0.39 is 0 Å². The van der Waals surface area contributed by atoms with Gasteiger partial charge in [-0.2, -0.15) is 10.1 Å². The lowest BCUT2D eigenvalue weighted by atomic mass is 10.1. The number of hydrogen-bond acceptors (Lipinski definition) is 7. The zero-order chi connectivity index (χ0) is 19.8. The number of nitrogens with zero attached hydrogens (tertiary/aromatic N) is 7. The van der Waals surface area contributed by atoms with Crippen LogP contribution in [0.1, 0.15) is 11.6 Å². The van der Waals surface area contributed by atoms with E-state index in [2.05, 4.69) is 49.2 Å². The van der Waals surface area contributed by atoms with Crippen LogP contribution in [0, 0.1) is 0 Å². The molecule has 0 N–H and O–H groups in total. The predicted octanol–water partition coefficient (Wildman–Crippen LogP) is 2.36. The Morgan fingerprint density at radius 2 is 1.86 bits per heavy atom. The minimum absolute atomic E-state index is 0.505. The van der Waals surface area contributed by atoms with Crippen LogP contribution in [-0.2, 0) is 13.5 Å². The normalized spacial score (nSPS) is 15.3. The molecule has 3 aromatic heterocycles. The fourth-order valence-electron chi connectivity index (χ4n) is 3.77. The molecular weight excluding hydrogens is 366 g/mol. The molecule has 0 spiro atoms. The van der Waals surface area contributed by atoms with Crippen molar-refractivity contribution < 1.29 is 4.52 Å². The van der Waals surface area contributed by atoms with Crippen molar-refractivity contribution in [3.63, 3.8) is 0 Å². The molecule has 1 aliphatic heterocycles. The van der Waals surface area contributed by atoms with Crippen LogP contribution in [0.5, 0.6) is 0 Å². The number of piperazine rings is 1. The number of aromatic nitrogens is 5. The number of aryl methyl sites for hydroxylation is 1. The van der Waals surface area contributed by atoms with Crippen LogP contribution < -0.4 is 4.90 Å². The lowest BCUT2D eigenvalue weighted by molar-refractivity contribution is 0.312. The molecule has 8 nitrogen and oxygen atoms in total. The Labute approximate surface area is 168 Å². The largest absolute Gasteiger partial charge is 0.354 e. The second kappa shape index (κ2) is 7.29. The van der Waals surface area contributed by atoms with E-state index in [9.17, 15) is 0 Å². The number of likely N-dealkylation sites (N-methyl/N-ethyl adjacent to an activating group) is 1. The highest BCUT2D eigenvalue weighted by Gasteiger charge is 2.18. The number of para-hydroxylation sites is 1. The molecule has 148 valence electrons. The van der Waals surface area contributed by atoms with Gasteiger partial charge < -0.3 is 14.3 Å². The van der Waals surface area contributed by atoms with Crippen molar-refractivity contribution >= 4 is 16.7 Å². The molecule has 8 heteroatoms. The van der Waals surface area contributed by atoms with Gasteiger partial charge in [0.05, 0.1) is 17.6 Å². The van der Waals surface area contributed by atoms with Gasteiger partial charge in [0.15, 0.2) is 0 Å². The lowest BCUT2D eigenvalue weighted by Gasteiger charge is -2.33. The van der Waals surface area contributed by atoms with Crippen LogP contribution in [0.25, 0.3) is 22.3 Å². The van der Waals surface area contributed by atoms with Crippen molar-refractivity contribution in [2.24, 2.45) is 7.05 Å². The molecule has 0 radical (unpaired) electrons. The summed E-state index contributed by atoms with van der Waals surface area (Å²) in [6, 6.07) is 12.1. The maximum atomic E-state index is 5.53. The van der Waals surface area contributed by atoms with Gasteiger partial charge in [0, 0.05) is 50.4 Å². The molecule has 0 bridgehead atoms. The molecular formula is C21H23N7O. The van der Waals surface area contributed by atoms with Crippen molar-refractivity contribution in [3.05, 3.63) is 54.2 Å². The van der Waals surface area contributed by atoms with E-state index in [0.29, 0.717) is 18.1 Å². The minimum Gasteiger partial charge on any atom is -0.354 e. The third kappa shape index (κ3) is 3.47. The summed E-state index contributed by atoms with van der Waals surface area (Å²) in [5, 5.41) is 9.92. The van der Waals surface area contributed by atoms with Gasteiger partial charge in [-0.15, -0.1) is 0 Å². The van der Waals surface area contributed by atoms with Gasteiger partial charge in [0.1, 0.15) is 5.82 Å². The first-order valence-corrected chi connectivity index (χ1v) is 9.80. The Balaban J connectivity index is 1.38. The third-order valence-corrected chi connectivity index (χ3v) is 5.45. The van der Waals surface area contributed by atoms with E-state index >= 15 is 0 Å². The van der Waals surface area contributed by atoms with Crippen LogP contribution >= 0.6 is 0 Å². The molecule has 0 atom stereocenters. The average molecular weight is 389 g/mol. The van der Waals surface area contributed by atoms with Gasteiger partial charge in [-0.3, -0.25) is 4.68 Å². The molecule has 1 aromatic carbocycles. The monoisotopic (exact) mass is 389 g/mol. The fraction of sp³-hybridized carbons (Fsp3) is 0.333. The van der Waals surface area contributed by atoms with Crippen LogP contribution in [0.4, 0.5) is 5.82 Å². The standard InChI is InChI=1S/C21H23N7O/c1-26-9-11-28(12-10-26)19-13-15(7-8-22-19)21-23-20(29-25-21)14-17-16-5-3-4-6-18(16)27(2)24-17/h3-8,13H,9-12,14H2,1-2H3. The quantitative estimate of drug-likeness (QED) is 0.530. The van der Waals surface area contributed by atoms with Gasteiger partial charge in [-0.05, 0) is 25.2 Å². The van der Waals surface area contributed by atoms with Gasteiger partial charge in [0.25, 0.3) is 0 Å². The Kier molecular flexibility index (Phi) is 4.48. The zero-order valence-corrected chi connectivity index (χ0v) is 16.6. The first-order chi connectivity index (χ1) is 14.2. The first kappa shape index (κ1) is 17.8. The maximum absolute atomic E-state index is 5.53. The Hall–Kier alpha value is -3.26. The highest BCUT2D eigenvalue weighted by atomic mass is 16.5. The average Bonchev–Trinajstić information content (AvgIpc) is 3.34. The number of hydrogen-bond donors (Lipinski definition) is 0. The van der Waals surface area contributed by atoms with Gasteiger partial charge in [0.2, 0.25) is 11.7 Å².